The lowest BCUT2D eigenvalue weighted by Gasteiger charge is -2.11. The second kappa shape index (κ2) is 12.9. The Balaban J connectivity index is 1.59. The molecule has 31 heavy (non-hydrogen) atoms. The highest BCUT2D eigenvalue weighted by atomic mass is 32.2. The van der Waals surface area contributed by atoms with Crippen LogP contribution in [0.3, 0.4) is 0 Å². The third-order valence-corrected chi connectivity index (χ3v) is 6.61. The Labute approximate surface area is 189 Å². The molecular weight excluding hydrogens is 412 g/mol. The number of hydrogen-bond donors (Lipinski definition) is 2. The van der Waals surface area contributed by atoms with Gasteiger partial charge in [-0.1, -0.05) is 44.4 Å². The average Bonchev–Trinajstić information content (AvgIpc) is 3.44. The molecule has 1 aliphatic rings. The van der Waals surface area contributed by atoms with Crippen LogP contribution < -0.4 is 10.6 Å². The SMILES string of the molecule is CCCSc1nc(NCCOCC)c2cnn(CCNC(=O)CCC3CCCC3)c2n1. The van der Waals surface area contributed by atoms with E-state index in [-0.39, 0.29) is 5.91 Å². The number of ether oxygens (including phenoxy) is 1. The maximum absolute atomic E-state index is 12.2. The van der Waals surface area contributed by atoms with Gasteiger partial charge in [0, 0.05) is 31.9 Å². The van der Waals surface area contributed by atoms with Crippen LogP contribution in [0.15, 0.2) is 11.4 Å². The summed E-state index contributed by atoms with van der Waals surface area (Å²) in [5.41, 5.74) is 0.799. The highest BCUT2D eigenvalue weighted by Crippen LogP contribution is 2.28. The van der Waals surface area contributed by atoms with Gasteiger partial charge >= 0.3 is 0 Å². The van der Waals surface area contributed by atoms with E-state index < -0.39 is 0 Å². The first-order valence-electron chi connectivity index (χ1n) is 11.7. The predicted molar refractivity (Wildman–Crippen MR) is 126 cm³/mol. The molecule has 3 rings (SSSR count). The minimum absolute atomic E-state index is 0.135. The van der Waals surface area contributed by atoms with Crippen LogP contribution in [-0.2, 0) is 16.1 Å². The first-order chi connectivity index (χ1) is 15.2. The van der Waals surface area contributed by atoms with Crippen LogP contribution in [0.1, 0.15) is 58.8 Å². The number of nitrogens with one attached hydrogen (secondary N) is 2. The van der Waals surface area contributed by atoms with E-state index in [2.05, 4.69) is 27.6 Å². The molecule has 0 unspecified atom stereocenters. The summed E-state index contributed by atoms with van der Waals surface area (Å²) >= 11 is 1.65. The van der Waals surface area contributed by atoms with Gasteiger partial charge in [0.25, 0.3) is 0 Å². The molecule has 1 fully saturated rings. The molecule has 0 radical (unpaired) electrons. The molecule has 0 bridgehead atoms. The van der Waals surface area contributed by atoms with E-state index in [1.807, 2.05) is 11.6 Å². The molecule has 2 N–H and O–H groups in total. The van der Waals surface area contributed by atoms with Crippen LogP contribution in [0.4, 0.5) is 5.82 Å². The van der Waals surface area contributed by atoms with Gasteiger partial charge in [-0.05, 0) is 25.7 Å². The zero-order valence-corrected chi connectivity index (χ0v) is 19.7. The van der Waals surface area contributed by atoms with Crippen molar-refractivity contribution in [1.82, 2.24) is 25.1 Å². The molecule has 172 valence electrons. The lowest BCUT2D eigenvalue weighted by molar-refractivity contribution is -0.121. The molecular formula is C22H36N6O2S. The van der Waals surface area contributed by atoms with Crippen LogP contribution in [-0.4, -0.2) is 57.7 Å². The first-order valence-corrected chi connectivity index (χ1v) is 12.6. The van der Waals surface area contributed by atoms with Crippen molar-refractivity contribution < 1.29 is 9.53 Å². The standard InChI is InChI=1S/C22H36N6O2S/c1-3-15-31-22-26-20(24-12-14-30-4-2)18-16-25-28(21(18)27-22)13-11-23-19(29)10-9-17-7-5-6-8-17/h16-17H,3-15H2,1-2H3,(H,23,29)(H,24,26,27). The van der Waals surface area contributed by atoms with Crippen molar-refractivity contribution in [2.75, 3.05) is 37.4 Å². The fourth-order valence-corrected chi connectivity index (χ4v) is 4.59. The summed E-state index contributed by atoms with van der Waals surface area (Å²) in [5.74, 6) is 2.63. The van der Waals surface area contributed by atoms with E-state index in [1.165, 1.54) is 25.7 Å². The number of fused-ring (bicyclic) bond motifs is 1. The van der Waals surface area contributed by atoms with E-state index in [0.29, 0.717) is 39.3 Å². The average molecular weight is 449 g/mol. The van der Waals surface area contributed by atoms with Gasteiger partial charge in [-0.25, -0.2) is 14.6 Å². The fraction of sp³-hybridized carbons (Fsp3) is 0.727. The lowest BCUT2D eigenvalue weighted by atomic mass is 10.0. The Morgan fingerprint density at radius 3 is 2.87 bits per heavy atom. The number of hydrogen-bond acceptors (Lipinski definition) is 7. The van der Waals surface area contributed by atoms with Crippen molar-refractivity contribution in [3.63, 3.8) is 0 Å². The molecule has 2 aromatic rings. The first kappa shape index (κ1) is 23.8. The largest absolute Gasteiger partial charge is 0.380 e. The molecule has 9 heteroatoms. The highest BCUT2D eigenvalue weighted by Gasteiger charge is 2.16. The molecule has 0 aromatic carbocycles. The highest BCUT2D eigenvalue weighted by molar-refractivity contribution is 7.99. The van der Waals surface area contributed by atoms with Crippen LogP contribution >= 0.6 is 11.8 Å². The maximum atomic E-state index is 12.2. The quantitative estimate of drug-likeness (QED) is 0.257. The number of thioether (sulfide) groups is 1. The number of anilines is 1. The number of nitrogens with zero attached hydrogens (tertiary/aromatic N) is 4. The van der Waals surface area contributed by atoms with Gasteiger partial charge in [-0.2, -0.15) is 5.10 Å². The Hall–Kier alpha value is -1.87. The Morgan fingerprint density at radius 1 is 1.26 bits per heavy atom. The number of amides is 1. The summed E-state index contributed by atoms with van der Waals surface area (Å²) < 4.78 is 7.28. The summed E-state index contributed by atoms with van der Waals surface area (Å²) in [4.78, 5) is 21.6. The molecule has 1 amide bonds. The Bertz CT molecular complexity index is 822. The third kappa shape index (κ3) is 7.35. The van der Waals surface area contributed by atoms with Crippen molar-refractivity contribution >= 4 is 34.5 Å². The van der Waals surface area contributed by atoms with Crippen molar-refractivity contribution in [2.45, 2.75) is 70.5 Å². The fourth-order valence-electron chi connectivity index (χ4n) is 3.90. The Kier molecular flexibility index (Phi) is 9.86. The van der Waals surface area contributed by atoms with Crippen LogP contribution in [0, 0.1) is 5.92 Å². The van der Waals surface area contributed by atoms with Gasteiger partial charge in [0.2, 0.25) is 5.91 Å². The van der Waals surface area contributed by atoms with Crippen LogP contribution in [0.5, 0.6) is 0 Å². The van der Waals surface area contributed by atoms with Gasteiger partial charge in [0.05, 0.1) is 24.7 Å². The second-order valence-electron chi connectivity index (χ2n) is 7.97. The van der Waals surface area contributed by atoms with Gasteiger partial charge in [0.15, 0.2) is 10.8 Å². The molecule has 8 nitrogen and oxygen atoms in total. The van der Waals surface area contributed by atoms with E-state index in [1.54, 1.807) is 18.0 Å². The third-order valence-electron chi connectivity index (χ3n) is 5.55. The van der Waals surface area contributed by atoms with Crippen molar-refractivity contribution in [2.24, 2.45) is 5.92 Å². The van der Waals surface area contributed by atoms with E-state index >= 15 is 0 Å². The molecule has 0 aliphatic heterocycles. The van der Waals surface area contributed by atoms with Crippen molar-refractivity contribution in [3.8, 4) is 0 Å². The van der Waals surface area contributed by atoms with E-state index in [9.17, 15) is 4.79 Å². The number of aromatic nitrogens is 4. The number of carbonyl (C=O) groups is 1. The molecule has 0 atom stereocenters. The Morgan fingerprint density at radius 2 is 2.10 bits per heavy atom. The molecule has 0 spiro atoms. The normalized spacial score (nSPS) is 14.4. The summed E-state index contributed by atoms with van der Waals surface area (Å²) in [6, 6.07) is 0. The smallest absolute Gasteiger partial charge is 0.220 e. The zero-order chi connectivity index (χ0) is 21.9. The zero-order valence-electron chi connectivity index (χ0n) is 18.9. The molecule has 1 saturated carbocycles. The van der Waals surface area contributed by atoms with Gasteiger partial charge in [-0.3, -0.25) is 4.79 Å². The molecule has 1 aliphatic carbocycles. The summed E-state index contributed by atoms with van der Waals surface area (Å²) in [5, 5.41) is 12.5. The summed E-state index contributed by atoms with van der Waals surface area (Å²) in [6.45, 7) is 7.27. The monoisotopic (exact) mass is 448 g/mol. The molecule has 2 aromatic heterocycles. The van der Waals surface area contributed by atoms with Crippen LogP contribution in [0.2, 0.25) is 0 Å². The van der Waals surface area contributed by atoms with Crippen molar-refractivity contribution in [1.29, 1.82) is 0 Å². The van der Waals surface area contributed by atoms with E-state index in [4.69, 9.17) is 9.72 Å². The predicted octanol–water partition coefficient (Wildman–Crippen LogP) is 3.86. The summed E-state index contributed by atoms with van der Waals surface area (Å²) in [7, 11) is 0. The minimum Gasteiger partial charge on any atom is -0.380 e. The van der Waals surface area contributed by atoms with Gasteiger partial charge in [-0.15, -0.1) is 0 Å². The molecule has 2 heterocycles. The van der Waals surface area contributed by atoms with E-state index in [0.717, 1.165) is 46.5 Å². The van der Waals surface area contributed by atoms with Gasteiger partial charge < -0.3 is 15.4 Å². The minimum atomic E-state index is 0.135. The molecule has 0 saturated heterocycles. The number of carbonyl (C=O) groups excluding carboxylic acids is 1. The topological polar surface area (TPSA) is 94.0 Å². The lowest BCUT2D eigenvalue weighted by Crippen LogP contribution is -2.27. The van der Waals surface area contributed by atoms with Gasteiger partial charge in [0.1, 0.15) is 5.82 Å². The van der Waals surface area contributed by atoms with Crippen molar-refractivity contribution in [3.05, 3.63) is 6.20 Å². The van der Waals surface area contributed by atoms with Crippen LogP contribution in [0.25, 0.3) is 11.0 Å². The maximum Gasteiger partial charge on any atom is 0.220 e. The summed E-state index contributed by atoms with van der Waals surface area (Å²) in [6.07, 6.45) is 9.71. The number of rotatable bonds is 14. The second-order valence-corrected chi connectivity index (χ2v) is 9.03.